The fourth-order valence-electron chi connectivity index (χ4n) is 1.19. The van der Waals surface area contributed by atoms with Gasteiger partial charge in [-0.15, -0.1) is 0 Å². The first-order chi connectivity index (χ1) is 8.04. The van der Waals surface area contributed by atoms with E-state index >= 15 is 0 Å². The van der Waals surface area contributed by atoms with E-state index in [1.807, 2.05) is 6.26 Å². The van der Waals surface area contributed by atoms with Gasteiger partial charge in [0.15, 0.2) is 0 Å². The number of thioether (sulfide) groups is 1. The third kappa shape index (κ3) is 4.65. The lowest BCUT2D eigenvalue weighted by Crippen LogP contribution is -2.36. The van der Waals surface area contributed by atoms with E-state index < -0.39 is 6.04 Å². The number of halogens is 2. The molecule has 0 unspecified atom stereocenters. The molecule has 1 amide bonds. The van der Waals surface area contributed by atoms with Gasteiger partial charge < -0.3 is 11.1 Å². The Hall–Kier alpha value is -0.590. The average Bonchev–Trinajstić information content (AvgIpc) is 2.29. The van der Waals surface area contributed by atoms with Crippen molar-refractivity contribution in [1.29, 1.82) is 0 Å². The summed E-state index contributed by atoms with van der Waals surface area (Å²) in [5.41, 5.74) is 6.24. The first kappa shape index (κ1) is 14.5. The van der Waals surface area contributed by atoms with Gasteiger partial charge >= 0.3 is 0 Å². The molecule has 0 aliphatic carbocycles. The van der Waals surface area contributed by atoms with Crippen LogP contribution in [0.5, 0.6) is 0 Å². The summed E-state index contributed by atoms with van der Waals surface area (Å²) in [5, 5.41) is 2.66. The van der Waals surface area contributed by atoms with Gasteiger partial charge in [-0.1, -0.05) is 0 Å². The summed E-state index contributed by atoms with van der Waals surface area (Å²) in [4.78, 5) is 11.7. The smallest absolute Gasteiger partial charge is 0.241 e. The van der Waals surface area contributed by atoms with Gasteiger partial charge in [0, 0.05) is 4.47 Å². The van der Waals surface area contributed by atoms with Gasteiger partial charge in [-0.25, -0.2) is 4.39 Å². The van der Waals surface area contributed by atoms with Crippen LogP contribution in [0.15, 0.2) is 22.7 Å². The highest BCUT2D eigenvalue weighted by atomic mass is 79.9. The van der Waals surface area contributed by atoms with Crippen LogP contribution in [0.4, 0.5) is 10.1 Å². The highest BCUT2D eigenvalue weighted by Gasteiger charge is 2.14. The van der Waals surface area contributed by atoms with E-state index in [-0.39, 0.29) is 11.7 Å². The topological polar surface area (TPSA) is 55.1 Å². The summed E-state index contributed by atoms with van der Waals surface area (Å²) < 4.78 is 13.3. The second kappa shape index (κ2) is 6.98. The predicted octanol–water partition coefficient (Wildman–Crippen LogP) is 2.61. The summed E-state index contributed by atoms with van der Waals surface area (Å²) >= 11 is 4.82. The maximum Gasteiger partial charge on any atom is 0.241 e. The fourth-order valence-corrected chi connectivity index (χ4v) is 2.13. The van der Waals surface area contributed by atoms with Gasteiger partial charge in [0.1, 0.15) is 5.82 Å². The van der Waals surface area contributed by atoms with E-state index in [4.69, 9.17) is 5.73 Å². The summed E-state index contributed by atoms with van der Waals surface area (Å²) in [6.07, 6.45) is 2.58. The zero-order valence-corrected chi connectivity index (χ0v) is 11.8. The molecule has 3 N–H and O–H groups in total. The maximum absolute atomic E-state index is 12.8. The van der Waals surface area contributed by atoms with Crippen molar-refractivity contribution in [3.63, 3.8) is 0 Å². The van der Waals surface area contributed by atoms with Gasteiger partial charge in [0.2, 0.25) is 5.91 Å². The van der Waals surface area contributed by atoms with Crippen LogP contribution >= 0.6 is 27.7 Å². The van der Waals surface area contributed by atoms with Crippen LogP contribution in [0, 0.1) is 5.82 Å². The standard InChI is InChI=1S/C11H14BrFN2OS/c1-17-5-4-9(14)11(16)15-10-3-2-7(13)6-8(10)12/h2-3,6,9H,4-5,14H2,1H3,(H,15,16)/t9-/m1/s1. The van der Waals surface area contributed by atoms with E-state index in [0.717, 1.165) is 5.75 Å². The molecule has 6 heteroatoms. The third-order valence-corrected chi connectivity index (χ3v) is 3.46. The van der Waals surface area contributed by atoms with Gasteiger partial charge in [-0.2, -0.15) is 11.8 Å². The number of benzene rings is 1. The lowest BCUT2D eigenvalue weighted by atomic mass is 10.2. The van der Waals surface area contributed by atoms with E-state index in [1.54, 1.807) is 11.8 Å². The number of carbonyl (C=O) groups is 1. The highest BCUT2D eigenvalue weighted by molar-refractivity contribution is 9.10. The second-order valence-corrected chi connectivity index (χ2v) is 5.34. The van der Waals surface area contributed by atoms with Crippen molar-refractivity contribution in [1.82, 2.24) is 0 Å². The van der Waals surface area contributed by atoms with Crippen molar-refractivity contribution >= 4 is 39.3 Å². The zero-order valence-electron chi connectivity index (χ0n) is 9.37. The number of nitrogens with two attached hydrogens (primary N) is 1. The SMILES string of the molecule is CSCC[C@@H](N)C(=O)Nc1ccc(F)cc1Br. The van der Waals surface area contributed by atoms with Gasteiger partial charge in [-0.05, 0) is 52.6 Å². The largest absolute Gasteiger partial charge is 0.324 e. The molecule has 0 spiro atoms. The lowest BCUT2D eigenvalue weighted by Gasteiger charge is -2.12. The van der Waals surface area contributed by atoms with E-state index in [2.05, 4.69) is 21.2 Å². The van der Waals surface area contributed by atoms with Crippen LogP contribution in [0.3, 0.4) is 0 Å². The molecule has 1 rings (SSSR count). The average molecular weight is 321 g/mol. The molecule has 3 nitrogen and oxygen atoms in total. The minimum atomic E-state index is -0.542. The molecular weight excluding hydrogens is 307 g/mol. The minimum absolute atomic E-state index is 0.258. The number of rotatable bonds is 5. The number of nitrogens with one attached hydrogen (secondary N) is 1. The van der Waals surface area contributed by atoms with Crippen molar-refractivity contribution in [3.05, 3.63) is 28.5 Å². The van der Waals surface area contributed by atoms with Gasteiger partial charge in [-0.3, -0.25) is 4.79 Å². The number of anilines is 1. The van der Waals surface area contributed by atoms with Crippen LogP contribution in [0.2, 0.25) is 0 Å². The van der Waals surface area contributed by atoms with Crippen LogP contribution < -0.4 is 11.1 Å². The molecule has 94 valence electrons. The van der Waals surface area contributed by atoms with E-state index in [9.17, 15) is 9.18 Å². The van der Waals surface area contributed by atoms with Crippen molar-refractivity contribution in [2.45, 2.75) is 12.5 Å². The second-order valence-electron chi connectivity index (χ2n) is 3.50. The molecule has 1 aromatic rings. The lowest BCUT2D eigenvalue weighted by molar-refractivity contribution is -0.117. The molecule has 0 aliphatic rings. The molecule has 0 aromatic heterocycles. The normalized spacial score (nSPS) is 12.2. The molecule has 1 aromatic carbocycles. The Morgan fingerprint density at radius 3 is 2.94 bits per heavy atom. The highest BCUT2D eigenvalue weighted by Crippen LogP contribution is 2.23. The summed E-state index contributed by atoms with van der Waals surface area (Å²) in [6, 6.07) is 3.54. The Balaban J connectivity index is 2.61. The molecule has 0 heterocycles. The van der Waals surface area contributed by atoms with Crippen molar-refractivity contribution in [3.8, 4) is 0 Å². The Bertz CT molecular complexity index is 403. The van der Waals surface area contributed by atoms with E-state index in [0.29, 0.717) is 16.6 Å². The Labute approximate surface area is 112 Å². The summed E-state index contributed by atoms with van der Waals surface area (Å²) in [6.45, 7) is 0. The van der Waals surface area contributed by atoms with Gasteiger partial charge in [0.25, 0.3) is 0 Å². The number of hydrogen-bond donors (Lipinski definition) is 2. The van der Waals surface area contributed by atoms with Crippen LogP contribution in [-0.2, 0) is 4.79 Å². The molecule has 0 saturated carbocycles. The predicted molar refractivity (Wildman–Crippen MR) is 73.7 cm³/mol. The number of hydrogen-bond acceptors (Lipinski definition) is 3. The maximum atomic E-state index is 12.8. The van der Waals surface area contributed by atoms with Crippen molar-refractivity contribution in [2.75, 3.05) is 17.3 Å². The van der Waals surface area contributed by atoms with E-state index in [1.165, 1.54) is 18.2 Å². The zero-order chi connectivity index (χ0) is 12.8. The molecular formula is C11H14BrFN2OS. The quantitative estimate of drug-likeness (QED) is 0.876. The molecule has 0 fully saturated rings. The van der Waals surface area contributed by atoms with Crippen LogP contribution in [0.1, 0.15) is 6.42 Å². The van der Waals surface area contributed by atoms with Crippen molar-refractivity contribution in [2.24, 2.45) is 5.73 Å². The molecule has 0 aliphatic heterocycles. The molecule has 0 radical (unpaired) electrons. The van der Waals surface area contributed by atoms with Gasteiger partial charge in [0.05, 0.1) is 11.7 Å². The summed E-state index contributed by atoms with van der Waals surface area (Å²) in [5.74, 6) is 0.215. The van der Waals surface area contributed by atoms with Crippen molar-refractivity contribution < 1.29 is 9.18 Å². The van der Waals surface area contributed by atoms with Crippen LogP contribution in [-0.4, -0.2) is 24.0 Å². The molecule has 1 atom stereocenters. The summed E-state index contributed by atoms with van der Waals surface area (Å²) in [7, 11) is 0. The Morgan fingerprint density at radius 2 is 2.35 bits per heavy atom. The third-order valence-electron chi connectivity index (χ3n) is 2.16. The monoisotopic (exact) mass is 320 g/mol. The number of carbonyl (C=O) groups excluding carboxylic acids is 1. The Kier molecular flexibility index (Phi) is 5.94. The molecule has 17 heavy (non-hydrogen) atoms. The fraction of sp³-hybridized carbons (Fsp3) is 0.364. The first-order valence-corrected chi connectivity index (χ1v) is 7.23. The van der Waals surface area contributed by atoms with Crippen LogP contribution in [0.25, 0.3) is 0 Å². The minimum Gasteiger partial charge on any atom is -0.324 e. The number of amides is 1. The first-order valence-electron chi connectivity index (χ1n) is 5.05. The Morgan fingerprint density at radius 1 is 1.65 bits per heavy atom. The molecule has 0 bridgehead atoms. The molecule has 0 saturated heterocycles.